The lowest BCUT2D eigenvalue weighted by atomic mass is 10.2. The molecular formula is C15H13BrO4S. The monoisotopic (exact) mass is 368 g/mol. The molecule has 0 saturated carbocycles. The molecule has 1 unspecified atom stereocenters. The normalized spacial score (nSPS) is 12.9. The Balaban J connectivity index is 2.54. The molecule has 0 radical (unpaired) electrons. The predicted octanol–water partition coefficient (Wildman–Crippen LogP) is 3.68. The molecule has 0 amide bonds. The first-order valence-electron chi connectivity index (χ1n) is 6.15. The number of sulfone groups is 1. The van der Waals surface area contributed by atoms with Crippen LogP contribution in [0.4, 0.5) is 0 Å². The first-order valence-corrected chi connectivity index (χ1v) is 8.49. The van der Waals surface area contributed by atoms with E-state index in [9.17, 15) is 13.2 Å². The highest BCUT2D eigenvalue weighted by molar-refractivity contribution is 9.10. The van der Waals surface area contributed by atoms with E-state index in [1.165, 1.54) is 18.2 Å². The van der Waals surface area contributed by atoms with Gasteiger partial charge in [0.15, 0.2) is 9.84 Å². The van der Waals surface area contributed by atoms with Crippen LogP contribution in [0.15, 0.2) is 57.9 Å². The molecule has 0 aliphatic carbocycles. The van der Waals surface area contributed by atoms with Crippen LogP contribution in [0.1, 0.15) is 28.1 Å². The van der Waals surface area contributed by atoms with Crippen molar-refractivity contribution in [1.82, 2.24) is 0 Å². The van der Waals surface area contributed by atoms with Gasteiger partial charge in [0.2, 0.25) is 0 Å². The molecule has 2 aromatic carbocycles. The van der Waals surface area contributed by atoms with Crippen LogP contribution in [0.3, 0.4) is 0 Å². The maximum atomic E-state index is 12.7. The first kappa shape index (κ1) is 15.7. The van der Waals surface area contributed by atoms with E-state index in [-0.39, 0.29) is 10.5 Å². The van der Waals surface area contributed by atoms with E-state index in [0.29, 0.717) is 10.0 Å². The van der Waals surface area contributed by atoms with Crippen LogP contribution < -0.4 is 0 Å². The minimum absolute atomic E-state index is 0.0150. The van der Waals surface area contributed by atoms with Crippen molar-refractivity contribution in [2.24, 2.45) is 0 Å². The van der Waals surface area contributed by atoms with Crippen molar-refractivity contribution in [1.29, 1.82) is 0 Å². The summed E-state index contributed by atoms with van der Waals surface area (Å²) >= 11 is 3.18. The molecule has 2 aromatic rings. The molecule has 1 atom stereocenters. The van der Waals surface area contributed by atoms with E-state index in [1.807, 2.05) is 6.07 Å². The highest BCUT2D eigenvalue weighted by Gasteiger charge is 2.27. The lowest BCUT2D eigenvalue weighted by molar-refractivity contribution is 0.0696. The average Bonchev–Trinajstić information content (AvgIpc) is 2.47. The third-order valence-electron chi connectivity index (χ3n) is 3.22. The minimum atomic E-state index is -3.69. The number of hydrogen-bond acceptors (Lipinski definition) is 3. The molecule has 0 saturated heterocycles. The van der Waals surface area contributed by atoms with Gasteiger partial charge in [0, 0.05) is 4.47 Å². The van der Waals surface area contributed by atoms with E-state index < -0.39 is 21.1 Å². The van der Waals surface area contributed by atoms with Gasteiger partial charge in [0.1, 0.15) is 0 Å². The number of halogens is 1. The Morgan fingerprint density at radius 3 is 2.33 bits per heavy atom. The first-order chi connectivity index (χ1) is 9.84. The highest BCUT2D eigenvalue weighted by atomic mass is 79.9. The van der Waals surface area contributed by atoms with Gasteiger partial charge in [-0.05, 0) is 46.6 Å². The van der Waals surface area contributed by atoms with Crippen LogP contribution >= 0.6 is 15.9 Å². The summed E-state index contributed by atoms with van der Waals surface area (Å²) in [5, 5.41) is 8.25. The summed E-state index contributed by atoms with van der Waals surface area (Å²) in [6.07, 6.45) is 0. The van der Waals surface area contributed by atoms with Crippen molar-refractivity contribution < 1.29 is 18.3 Å². The quantitative estimate of drug-likeness (QED) is 0.893. The second kappa shape index (κ2) is 5.99. The Morgan fingerprint density at radius 2 is 1.76 bits per heavy atom. The average molecular weight is 369 g/mol. The molecule has 1 N–H and O–H groups in total. The van der Waals surface area contributed by atoms with Gasteiger partial charge in [-0.15, -0.1) is 0 Å². The molecule has 21 heavy (non-hydrogen) atoms. The zero-order valence-electron chi connectivity index (χ0n) is 11.2. The molecule has 110 valence electrons. The van der Waals surface area contributed by atoms with E-state index in [4.69, 9.17) is 5.11 Å². The molecule has 0 fully saturated rings. The van der Waals surface area contributed by atoms with Gasteiger partial charge in [-0.3, -0.25) is 0 Å². The third-order valence-corrected chi connectivity index (χ3v) is 6.33. The second-order valence-electron chi connectivity index (χ2n) is 4.55. The maximum Gasteiger partial charge on any atom is 0.335 e. The fourth-order valence-corrected chi connectivity index (χ4v) is 4.40. The van der Waals surface area contributed by atoms with Crippen LogP contribution in [0.2, 0.25) is 0 Å². The van der Waals surface area contributed by atoms with E-state index in [1.54, 1.807) is 31.2 Å². The second-order valence-corrected chi connectivity index (χ2v) is 7.64. The van der Waals surface area contributed by atoms with Crippen LogP contribution in [0.5, 0.6) is 0 Å². The zero-order chi connectivity index (χ0) is 15.6. The number of benzene rings is 2. The molecule has 6 heteroatoms. The van der Waals surface area contributed by atoms with Crippen LogP contribution in [-0.4, -0.2) is 19.5 Å². The molecule has 0 aliphatic heterocycles. The van der Waals surface area contributed by atoms with Gasteiger partial charge < -0.3 is 5.11 Å². The molecule has 0 bridgehead atoms. The largest absolute Gasteiger partial charge is 0.478 e. The minimum Gasteiger partial charge on any atom is -0.478 e. The Hall–Kier alpha value is -1.66. The van der Waals surface area contributed by atoms with Crippen molar-refractivity contribution in [3.63, 3.8) is 0 Å². The number of rotatable bonds is 4. The van der Waals surface area contributed by atoms with Gasteiger partial charge >= 0.3 is 5.97 Å². The molecule has 0 heterocycles. The van der Waals surface area contributed by atoms with Gasteiger partial charge in [-0.2, -0.15) is 0 Å². The SMILES string of the molecule is CC(c1ccccc1)S(=O)(=O)c1cc(C(=O)O)ccc1Br. The number of hydrogen-bond donors (Lipinski definition) is 1. The summed E-state index contributed by atoms with van der Waals surface area (Å²) < 4.78 is 25.8. The summed E-state index contributed by atoms with van der Waals surface area (Å²) in [6, 6.07) is 12.8. The predicted molar refractivity (Wildman–Crippen MR) is 83.1 cm³/mol. The van der Waals surface area contributed by atoms with E-state index in [2.05, 4.69) is 15.9 Å². The zero-order valence-corrected chi connectivity index (χ0v) is 13.6. The summed E-state index contributed by atoms with van der Waals surface area (Å²) in [6.45, 7) is 1.59. The molecule has 4 nitrogen and oxygen atoms in total. The van der Waals surface area contributed by atoms with Gasteiger partial charge in [0.05, 0.1) is 15.7 Å². The topological polar surface area (TPSA) is 71.4 Å². The summed E-state index contributed by atoms with van der Waals surface area (Å²) in [5.41, 5.74) is 0.599. The number of carboxylic acid groups (broad SMARTS) is 1. The Kier molecular flexibility index (Phi) is 4.49. The van der Waals surface area contributed by atoms with Gasteiger partial charge in [-0.1, -0.05) is 30.3 Å². The molecule has 0 aliphatic rings. The van der Waals surface area contributed by atoms with Crippen molar-refractivity contribution >= 4 is 31.7 Å². The third kappa shape index (κ3) is 3.16. The van der Waals surface area contributed by atoms with Crippen LogP contribution in [0.25, 0.3) is 0 Å². The fraction of sp³-hybridized carbons (Fsp3) is 0.133. The smallest absolute Gasteiger partial charge is 0.335 e. The summed E-state index contributed by atoms with van der Waals surface area (Å²) in [4.78, 5) is 11.0. The van der Waals surface area contributed by atoms with Crippen LogP contribution in [-0.2, 0) is 9.84 Å². The number of carbonyl (C=O) groups is 1. The van der Waals surface area contributed by atoms with E-state index >= 15 is 0 Å². The van der Waals surface area contributed by atoms with Gasteiger partial charge in [0.25, 0.3) is 0 Å². The molecule has 0 aromatic heterocycles. The highest BCUT2D eigenvalue weighted by Crippen LogP contribution is 2.33. The van der Waals surface area contributed by atoms with Crippen LogP contribution in [0, 0.1) is 0 Å². The standard InChI is InChI=1S/C15H13BrO4S/c1-10(11-5-3-2-4-6-11)21(19,20)14-9-12(15(17)18)7-8-13(14)16/h2-10H,1H3,(H,17,18). The van der Waals surface area contributed by atoms with Crippen molar-refractivity contribution in [3.05, 3.63) is 64.1 Å². The molecule has 0 spiro atoms. The molecule has 2 rings (SSSR count). The Bertz CT molecular complexity index is 770. The maximum absolute atomic E-state index is 12.7. The van der Waals surface area contributed by atoms with E-state index in [0.717, 1.165) is 0 Å². The number of aromatic carboxylic acids is 1. The lowest BCUT2D eigenvalue weighted by Crippen LogP contribution is -2.12. The van der Waals surface area contributed by atoms with Gasteiger partial charge in [-0.25, -0.2) is 13.2 Å². The number of carboxylic acids is 1. The van der Waals surface area contributed by atoms with Crippen molar-refractivity contribution in [3.8, 4) is 0 Å². The summed E-state index contributed by atoms with van der Waals surface area (Å²) in [7, 11) is -3.69. The van der Waals surface area contributed by atoms with Crippen molar-refractivity contribution in [2.45, 2.75) is 17.1 Å². The Morgan fingerprint density at radius 1 is 1.14 bits per heavy atom. The summed E-state index contributed by atoms with van der Waals surface area (Å²) in [5.74, 6) is -1.16. The fourth-order valence-electron chi connectivity index (χ4n) is 1.95. The Labute approximate surface area is 131 Å². The van der Waals surface area contributed by atoms with Crippen molar-refractivity contribution in [2.75, 3.05) is 0 Å². The lowest BCUT2D eigenvalue weighted by Gasteiger charge is -2.15. The molecular weight excluding hydrogens is 356 g/mol.